The summed E-state index contributed by atoms with van der Waals surface area (Å²) in [6.45, 7) is 0. The topological polar surface area (TPSA) is 118 Å². The van der Waals surface area contributed by atoms with Gasteiger partial charge in [-0.15, -0.1) is 0 Å². The summed E-state index contributed by atoms with van der Waals surface area (Å²) in [5, 5.41) is 11.5. The predicted octanol–water partition coefficient (Wildman–Crippen LogP) is 1.80. The van der Waals surface area contributed by atoms with Crippen molar-refractivity contribution < 1.29 is 14.7 Å². The fourth-order valence-corrected chi connectivity index (χ4v) is 1.67. The Kier molecular flexibility index (Phi) is 3.56. The highest BCUT2D eigenvalue weighted by Crippen LogP contribution is 2.19. The van der Waals surface area contributed by atoms with Crippen molar-refractivity contribution in [2.45, 2.75) is 0 Å². The highest BCUT2D eigenvalue weighted by atomic mass is 16.4. The molecule has 20 heavy (non-hydrogen) atoms. The molecule has 0 spiro atoms. The summed E-state index contributed by atoms with van der Waals surface area (Å²) in [5.74, 6) is -1.44. The van der Waals surface area contributed by atoms with E-state index < -0.39 is 5.97 Å². The van der Waals surface area contributed by atoms with Crippen LogP contribution < -0.4 is 16.8 Å². The number of carbonyl (C=O) groups excluding carboxylic acids is 1. The van der Waals surface area contributed by atoms with Gasteiger partial charge in [0.2, 0.25) is 0 Å². The summed E-state index contributed by atoms with van der Waals surface area (Å²) < 4.78 is 0. The van der Waals surface area contributed by atoms with Crippen LogP contribution in [0.2, 0.25) is 0 Å². The molecule has 0 saturated heterocycles. The number of hydrogen-bond acceptors (Lipinski definition) is 4. The van der Waals surface area contributed by atoms with E-state index in [1.54, 1.807) is 24.3 Å². The zero-order valence-corrected chi connectivity index (χ0v) is 10.5. The third-order valence-electron chi connectivity index (χ3n) is 2.71. The van der Waals surface area contributed by atoms with E-state index in [0.717, 1.165) is 0 Å². The molecule has 0 saturated carbocycles. The van der Waals surface area contributed by atoms with Crippen LogP contribution in [0.1, 0.15) is 20.7 Å². The minimum Gasteiger partial charge on any atom is -0.478 e. The molecule has 6 nitrogen and oxygen atoms in total. The van der Waals surface area contributed by atoms with Crippen LogP contribution in [-0.4, -0.2) is 17.0 Å². The summed E-state index contributed by atoms with van der Waals surface area (Å²) in [6, 6.07) is 10.7. The number of rotatable bonds is 3. The predicted molar refractivity (Wildman–Crippen MR) is 76.6 cm³/mol. The number of amides is 1. The summed E-state index contributed by atoms with van der Waals surface area (Å²) in [7, 11) is 0. The smallest absolute Gasteiger partial charge is 0.337 e. The minimum absolute atomic E-state index is 0.00418. The first-order valence-corrected chi connectivity index (χ1v) is 5.77. The molecule has 0 bridgehead atoms. The lowest BCUT2D eigenvalue weighted by Crippen LogP contribution is -2.12. The molecule has 0 aliphatic carbocycles. The van der Waals surface area contributed by atoms with Crippen molar-refractivity contribution >= 4 is 28.9 Å². The van der Waals surface area contributed by atoms with Crippen LogP contribution in [0.15, 0.2) is 42.5 Å². The second kappa shape index (κ2) is 5.31. The average molecular weight is 271 g/mol. The normalized spacial score (nSPS) is 10.0. The quantitative estimate of drug-likeness (QED) is 0.635. The van der Waals surface area contributed by atoms with Gasteiger partial charge in [-0.2, -0.15) is 0 Å². The van der Waals surface area contributed by atoms with E-state index in [0.29, 0.717) is 16.9 Å². The molecule has 2 aromatic carbocycles. The summed E-state index contributed by atoms with van der Waals surface area (Å²) in [6.07, 6.45) is 0. The van der Waals surface area contributed by atoms with Crippen molar-refractivity contribution in [3.8, 4) is 0 Å². The van der Waals surface area contributed by atoms with Gasteiger partial charge < -0.3 is 21.9 Å². The second-order valence-electron chi connectivity index (χ2n) is 4.18. The monoisotopic (exact) mass is 271 g/mol. The summed E-state index contributed by atoms with van der Waals surface area (Å²) in [4.78, 5) is 22.8. The van der Waals surface area contributed by atoms with E-state index in [1.165, 1.54) is 18.2 Å². The average Bonchev–Trinajstić information content (AvgIpc) is 2.39. The molecule has 0 atom stereocenters. The van der Waals surface area contributed by atoms with Gasteiger partial charge in [-0.1, -0.05) is 0 Å². The van der Waals surface area contributed by atoms with E-state index in [2.05, 4.69) is 5.32 Å². The molecule has 6 N–H and O–H groups in total. The van der Waals surface area contributed by atoms with Gasteiger partial charge in [0.15, 0.2) is 0 Å². The van der Waals surface area contributed by atoms with Gasteiger partial charge >= 0.3 is 5.97 Å². The Balaban J connectivity index is 2.18. The van der Waals surface area contributed by atoms with Crippen LogP contribution >= 0.6 is 0 Å². The standard InChI is InChI=1S/C14H13N3O3/c15-9-3-1-8(2-4-9)13(18)17-10-5-6-11(14(19)20)12(16)7-10/h1-7H,15-16H2,(H,17,18)(H,19,20). The van der Waals surface area contributed by atoms with Crippen LogP contribution in [0.3, 0.4) is 0 Å². The molecule has 2 aromatic rings. The zero-order valence-electron chi connectivity index (χ0n) is 10.5. The number of hydrogen-bond donors (Lipinski definition) is 4. The van der Waals surface area contributed by atoms with Crippen LogP contribution in [-0.2, 0) is 0 Å². The van der Waals surface area contributed by atoms with E-state index >= 15 is 0 Å². The van der Waals surface area contributed by atoms with Gasteiger partial charge in [-0.05, 0) is 42.5 Å². The van der Waals surface area contributed by atoms with E-state index in [1.807, 2.05) is 0 Å². The van der Waals surface area contributed by atoms with E-state index in [4.69, 9.17) is 16.6 Å². The number of carboxylic acids is 1. The third kappa shape index (κ3) is 2.86. The van der Waals surface area contributed by atoms with E-state index in [9.17, 15) is 9.59 Å². The van der Waals surface area contributed by atoms with Crippen molar-refractivity contribution in [3.05, 3.63) is 53.6 Å². The first-order chi connectivity index (χ1) is 9.47. The van der Waals surface area contributed by atoms with E-state index in [-0.39, 0.29) is 17.2 Å². The number of aromatic carboxylic acids is 1. The van der Waals surface area contributed by atoms with Gasteiger partial charge in [0.05, 0.1) is 5.56 Å². The lowest BCUT2D eigenvalue weighted by Gasteiger charge is -2.08. The van der Waals surface area contributed by atoms with Crippen LogP contribution in [0.5, 0.6) is 0 Å². The van der Waals surface area contributed by atoms with Gasteiger partial charge in [0, 0.05) is 22.6 Å². The lowest BCUT2D eigenvalue weighted by atomic mass is 10.1. The number of carboxylic acid groups (broad SMARTS) is 1. The van der Waals surface area contributed by atoms with Crippen LogP contribution in [0.25, 0.3) is 0 Å². The maximum atomic E-state index is 11.9. The van der Waals surface area contributed by atoms with Gasteiger partial charge in [-0.25, -0.2) is 4.79 Å². The molecular formula is C14H13N3O3. The Labute approximate surface area is 115 Å². The first kappa shape index (κ1) is 13.4. The molecular weight excluding hydrogens is 258 g/mol. The number of nitrogens with two attached hydrogens (primary N) is 2. The lowest BCUT2D eigenvalue weighted by molar-refractivity contribution is 0.0698. The molecule has 0 aromatic heterocycles. The number of benzene rings is 2. The minimum atomic E-state index is -1.11. The van der Waals surface area contributed by atoms with Crippen molar-refractivity contribution in [2.75, 3.05) is 16.8 Å². The van der Waals surface area contributed by atoms with Crippen LogP contribution in [0, 0.1) is 0 Å². The Morgan fingerprint density at radius 1 is 1.00 bits per heavy atom. The Morgan fingerprint density at radius 3 is 2.20 bits per heavy atom. The van der Waals surface area contributed by atoms with Crippen molar-refractivity contribution in [2.24, 2.45) is 0 Å². The van der Waals surface area contributed by atoms with Crippen molar-refractivity contribution in [3.63, 3.8) is 0 Å². The number of carbonyl (C=O) groups is 2. The molecule has 1 amide bonds. The van der Waals surface area contributed by atoms with Gasteiger partial charge in [0.1, 0.15) is 0 Å². The molecule has 0 fully saturated rings. The first-order valence-electron chi connectivity index (χ1n) is 5.77. The fourth-order valence-electron chi connectivity index (χ4n) is 1.67. The van der Waals surface area contributed by atoms with Crippen molar-refractivity contribution in [1.82, 2.24) is 0 Å². The van der Waals surface area contributed by atoms with Crippen LogP contribution in [0.4, 0.5) is 17.1 Å². The summed E-state index contributed by atoms with van der Waals surface area (Å²) >= 11 is 0. The maximum Gasteiger partial charge on any atom is 0.337 e. The number of nitrogens with one attached hydrogen (secondary N) is 1. The molecule has 0 heterocycles. The highest BCUT2D eigenvalue weighted by Gasteiger charge is 2.10. The number of nitrogen functional groups attached to an aromatic ring is 2. The van der Waals surface area contributed by atoms with Gasteiger partial charge in [0.25, 0.3) is 5.91 Å². The highest BCUT2D eigenvalue weighted by molar-refractivity contribution is 6.05. The maximum absolute atomic E-state index is 11.9. The number of anilines is 3. The zero-order chi connectivity index (χ0) is 14.7. The summed E-state index contributed by atoms with van der Waals surface area (Å²) in [5.41, 5.74) is 12.7. The fraction of sp³-hybridized carbons (Fsp3) is 0. The molecule has 2 rings (SSSR count). The molecule has 0 radical (unpaired) electrons. The third-order valence-corrected chi connectivity index (χ3v) is 2.71. The van der Waals surface area contributed by atoms with Gasteiger partial charge in [-0.3, -0.25) is 4.79 Å². The molecule has 0 unspecified atom stereocenters. The Hall–Kier alpha value is -3.02. The molecule has 0 aliphatic rings. The molecule has 0 aliphatic heterocycles. The van der Waals surface area contributed by atoms with Crippen molar-refractivity contribution in [1.29, 1.82) is 0 Å². The second-order valence-corrected chi connectivity index (χ2v) is 4.18. The SMILES string of the molecule is Nc1ccc(C(=O)Nc2ccc(C(=O)O)c(N)c2)cc1. The Bertz CT molecular complexity index is 666. The Morgan fingerprint density at radius 2 is 1.65 bits per heavy atom. The molecule has 6 heteroatoms. The largest absolute Gasteiger partial charge is 0.478 e. The molecule has 102 valence electrons.